The smallest absolute Gasteiger partial charge is 0.301 e. The number of rotatable bonds is 3. The van der Waals surface area contributed by atoms with E-state index >= 15 is 0 Å². The summed E-state index contributed by atoms with van der Waals surface area (Å²) >= 11 is 0. The van der Waals surface area contributed by atoms with Crippen LogP contribution < -0.4 is 4.90 Å². The molecule has 1 amide bonds. The van der Waals surface area contributed by atoms with Crippen LogP contribution in [-0.2, 0) is 9.59 Å². The number of aliphatic hydroxyl groups excluding tert-OH is 1. The van der Waals surface area contributed by atoms with Crippen LogP contribution in [0.3, 0.4) is 0 Å². The van der Waals surface area contributed by atoms with E-state index in [9.17, 15) is 14.7 Å². The first-order valence-corrected chi connectivity index (χ1v) is 8.83. The van der Waals surface area contributed by atoms with E-state index < -0.39 is 17.7 Å². The highest BCUT2D eigenvalue weighted by Crippen LogP contribution is 2.41. The summed E-state index contributed by atoms with van der Waals surface area (Å²) in [5.41, 5.74) is 2.22. The molecule has 0 spiro atoms. The first-order valence-electron chi connectivity index (χ1n) is 8.83. The second-order valence-electron chi connectivity index (χ2n) is 6.74. The molecule has 0 bridgehead atoms. The first kappa shape index (κ1) is 17.7. The molecule has 6 heteroatoms. The van der Waals surface area contributed by atoms with Crippen molar-refractivity contribution in [3.05, 3.63) is 88.7 Å². The van der Waals surface area contributed by atoms with Gasteiger partial charge in [0.1, 0.15) is 11.5 Å². The third kappa shape index (κ3) is 2.89. The molecule has 1 fully saturated rings. The summed E-state index contributed by atoms with van der Waals surface area (Å²) in [6.45, 7) is 3.64. The molecule has 4 rings (SSSR count). The van der Waals surface area contributed by atoms with Gasteiger partial charge in [-0.1, -0.05) is 65.3 Å². The van der Waals surface area contributed by atoms with Crippen LogP contribution in [0.5, 0.6) is 0 Å². The Morgan fingerprint density at radius 2 is 1.71 bits per heavy atom. The lowest BCUT2D eigenvalue weighted by atomic mass is 9.95. The number of amides is 1. The maximum Gasteiger partial charge on any atom is 0.301 e. The first-order chi connectivity index (χ1) is 13.5. The Morgan fingerprint density at radius 1 is 1.04 bits per heavy atom. The van der Waals surface area contributed by atoms with Gasteiger partial charge in [-0.05, 0) is 19.4 Å². The summed E-state index contributed by atoms with van der Waals surface area (Å²) in [6.07, 6.45) is 0. The van der Waals surface area contributed by atoms with Gasteiger partial charge in [-0.15, -0.1) is 0 Å². The SMILES string of the molecule is Cc1ccc(C(O)=C2C(=O)C(=O)N(c3cc(C)on3)[C@H]2c2ccccc2)cc1. The third-order valence-electron chi connectivity index (χ3n) is 4.75. The average Bonchev–Trinajstić information content (AvgIpc) is 3.24. The minimum absolute atomic E-state index is 0.0284. The molecular weight excluding hydrogens is 356 g/mol. The van der Waals surface area contributed by atoms with Crippen LogP contribution in [0.15, 0.2) is 70.8 Å². The van der Waals surface area contributed by atoms with Crippen molar-refractivity contribution in [2.45, 2.75) is 19.9 Å². The number of Topliss-reactive ketones (excluding diaryl/α,β-unsaturated/α-hetero) is 1. The van der Waals surface area contributed by atoms with Crippen LogP contribution in [0.25, 0.3) is 5.76 Å². The van der Waals surface area contributed by atoms with Crippen LogP contribution >= 0.6 is 0 Å². The molecule has 1 N–H and O–H groups in total. The molecule has 2 aromatic carbocycles. The lowest BCUT2D eigenvalue weighted by Crippen LogP contribution is -2.29. The number of hydrogen-bond donors (Lipinski definition) is 1. The summed E-state index contributed by atoms with van der Waals surface area (Å²) in [5, 5.41) is 14.8. The molecule has 1 aliphatic rings. The van der Waals surface area contributed by atoms with Gasteiger partial charge in [0.2, 0.25) is 0 Å². The fraction of sp³-hybridized carbons (Fsp3) is 0.136. The molecule has 6 nitrogen and oxygen atoms in total. The Hall–Kier alpha value is -3.67. The molecule has 1 atom stereocenters. The maximum atomic E-state index is 12.9. The van der Waals surface area contributed by atoms with Gasteiger partial charge < -0.3 is 9.63 Å². The highest BCUT2D eigenvalue weighted by molar-refractivity contribution is 6.51. The van der Waals surface area contributed by atoms with E-state index in [1.54, 1.807) is 37.3 Å². The Labute approximate surface area is 161 Å². The van der Waals surface area contributed by atoms with Gasteiger partial charge in [-0.3, -0.25) is 14.5 Å². The van der Waals surface area contributed by atoms with E-state index in [1.807, 2.05) is 37.3 Å². The van der Waals surface area contributed by atoms with Crippen molar-refractivity contribution in [2.75, 3.05) is 4.90 Å². The minimum atomic E-state index is -0.799. The van der Waals surface area contributed by atoms with Crippen molar-refractivity contribution in [2.24, 2.45) is 0 Å². The molecule has 1 aliphatic heterocycles. The van der Waals surface area contributed by atoms with E-state index in [0.717, 1.165) is 5.56 Å². The molecule has 1 saturated heterocycles. The van der Waals surface area contributed by atoms with E-state index in [2.05, 4.69) is 5.16 Å². The standard InChI is InChI=1S/C22H18N2O4/c1-13-8-10-16(11-9-13)20(25)18-19(15-6-4-3-5-7-15)24(22(27)21(18)26)17-12-14(2)28-23-17/h3-12,19,25H,1-2H3/t19-/m0/s1. The lowest BCUT2D eigenvalue weighted by Gasteiger charge is -2.22. The third-order valence-corrected chi connectivity index (χ3v) is 4.75. The maximum absolute atomic E-state index is 12.9. The molecule has 3 aromatic rings. The van der Waals surface area contributed by atoms with Gasteiger partial charge in [0, 0.05) is 11.6 Å². The summed E-state index contributed by atoms with van der Waals surface area (Å²) in [7, 11) is 0. The van der Waals surface area contributed by atoms with Crippen LogP contribution in [0.4, 0.5) is 5.82 Å². The largest absolute Gasteiger partial charge is 0.507 e. The van der Waals surface area contributed by atoms with Crippen molar-refractivity contribution < 1.29 is 19.2 Å². The van der Waals surface area contributed by atoms with Gasteiger partial charge in [-0.2, -0.15) is 0 Å². The number of nitrogens with zero attached hydrogens (tertiary/aromatic N) is 2. The van der Waals surface area contributed by atoms with Gasteiger partial charge in [-0.25, -0.2) is 0 Å². The second kappa shape index (κ2) is 6.81. The number of ketones is 1. The number of carbonyl (C=O) groups excluding carboxylic acids is 2. The highest BCUT2D eigenvalue weighted by Gasteiger charge is 2.48. The highest BCUT2D eigenvalue weighted by atomic mass is 16.5. The summed E-state index contributed by atoms with van der Waals surface area (Å²) in [6, 6.07) is 17.0. The lowest BCUT2D eigenvalue weighted by molar-refractivity contribution is -0.132. The predicted molar refractivity (Wildman–Crippen MR) is 104 cm³/mol. The number of hydrogen-bond acceptors (Lipinski definition) is 5. The number of aryl methyl sites for hydroxylation is 2. The number of anilines is 1. The molecule has 1 aromatic heterocycles. The number of aliphatic hydroxyl groups is 1. The van der Waals surface area contributed by atoms with Crippen molar-refractivity contribution in [1.82, 2.24) is 5.16 Å². The zero-order chi connectivity index (χ0) is 19.8. The van der Waals surface area contributed by atoms with E-state index in [0.29, 0.717) is 16.9 Å². The number of aromatic nitrogens is 1. The normalized spacial score (nSPS) is 18.6. The van der Waals surface area contributed by atoms with Crippen molar-refractivity contribution in [3.8, 4) is 0 Å². The molecule has 0 radical (unpaired) electrons. The van der Waals surface area contributed by atoms with E-state index in [-0.39, 0.29) is 17.2 Å². The minimum Gasteiger partial charge on any atom is -0.507 e. The Balaban J connectivity index is 1.93. The molecule has 0 saturated carbocycles. The van der Waals surface area contributed by atoms with Gasteiger partial charge >= 0.3 is 5.91 Å². The van der Waals surface area contributed by atoms with Gasteiger partial charge in [0.15, 0.2) is 5.82 Å². The molecular formula is C22H18N2O4. The molecule has 0 unspecified atom stereocenters. The van der Waals surface area contributed by atoms with E-state index in [1.165, 1.54) is 4.90 Å². The molecule has 140 valence electrons. The van der Waals surface area contributed by atoms with Crippen LogP contribution in [0, 0.1) is 13.8 Å². The Morgan fingerprint density at radius 3 is 2.32 bits per heavy atom. The zero-order valence-corrected chi connectivity index (χ0v) is 15.4. The predicted octanol–water partition coefficient (Wildman–Crippen LogP) is 3.92. The fourth-order valence-electron chi connectivity index (χ4n) is 3.35. The Bertz CT molecular complexity index is 1080. The van der Waals surface area contributed by atoms with Crippen LogP contribution in [0.1, 0.15) is 28.5 Å². The zero-order valence-electron chi connectivity index (χ0n) is 15.4. The molecule has 28 heavy (non-hydrogen) atoms. The topological polar surface area (TPSA) is 83.6 Å². The fourth-order valence-corrected chi connectivity index (χ4v) is 3.35. The van der Waals surface area contributed by atoms with Crippen LogP contribution in [0.2, 0.25) is 0 Å². The average molecular weight is 374 g/mol. The van der Waals surface area contributed by atoms with Crippen molar-refractivity contribution in [1.29, 1.82) is 0 Å². The van der Waals surface area contributed by atoms with Gasteiger partial charge in [0.25, 0.3) is 5.78 Å². The summed E-state index contributed by atoms with van der Waals surface area (Å²) in [5.74, 6) is -0.975. The molecule has 2 heterocycles. The van der Waals surface area contributed by atoms with E-state index in [4.69, 9.17) is 4.52 Å². The Kier molecular flexibility index (Phi) is 4.31. The second-order valence-corrected chi connectivity index (χ2v) is 6.74. The number of carbonyl (C=O) groups is 2. The quantitative estimate of drug-likeness (QED) is 0.427. The molecule has 0 aliphatic carbocycles. The summed E-state index contributed by atoms with van der Waals surface area (Å²) in [4.78, 5) is 27.0. The van der Waals surface area contributed by atoms with Crippen LogP contribution in [-0.4, -0.2) is 22.0 Å². The summed E-state index contributed by atoms with van der Waals surface area (Å²) < 4.78 is 5.10. The number of benzene rings is 2. The van der Waals surface area contributed by atoms with Gasteiger partial charge in [0.05, 0.1) is 11.6 Å². The monoisotopic (exact) mass is 374 g/mol. The van der Waals surface area contributed by atoms with Crippen molar-refractivity contribution >= 4 is 23.3 Å². The van der Waals surface area contributed by atoms with Crippen molar-refractivity contribution in [3.63, 3.8) is 0 Å².